The van der Waals surface area contributed by atoms with Gasteiger partial charge in [-0.25, -0.2) is 13.8 Å². The Morgan fingerprint density at radius 1 is 1.10 bits per heavy atom. The predicted molar refractivity (Wildman–Crippen MR) is 115 cm³/mol. The molecular weight excluding hydrogens is 420 g/mol. The van der Waals surface area contributed by atoms with Crippen LogP contribution in [-0.4, -0.2) is 31.0 Å². The third kappa shape index (κ3) is 3.61. The number of aryl methyl sites for hydroxylation is 2. The van der Waals surface area contributed by atoms with Crippen molar-refractivity contribution in [2.45, 2.75) is 11.7 Å². The van der Waals surface area contributed by atoms with Crippen LogP contribution in [0.4, 0.5) is 14.5 Å². The van der Waals surface area contributed by atoms with Gasteiger partial charge in [0.05, 0.1) is 17.1 Å². The first-order valence-electron chi connectivity index (χ1n) is 9.60. The molecule has 0 fully saturated rings. The number of rotatable bonds is 4. The van der Waals surface area contributed by atoms with E-state index in [9.17, 15) is 13.6 Å². The van der Waals surface area contributed by atoms with Crippen molar-refractivity contribution in [1.29, 1.82) is 0 Å². The van der Waals surface area contributed by atoms with E-state index in [2.05, 4.69) is 20.0 Å². The van der Waals surface area contributed by atoms with E-state index in [0.717, 1.165) is 40.8 Å². The maximum absolute atomic E-state index is 13.6. The van der Waals surface area contributed by atoms with Gasteiger partial charge in [-0.1, -0.05) is 30.0 Å². The van der Waals surface area contributed by atoms with Gasteiger partial charge in [0.15, 0.2) is 16.8 Å². The topological polar surface area (TPSA) is 64.7 Å². The molecule has 0 saturated carbocycles. The molecule has 6 nitrogen and oxygen atoms in total. The monoisotopic (exact) mass is 437 g/mol. The lowest BCUT2D eigenvalue weighted by Gasteiger charge is -2.09. The molecule has 1 aliphatic rings. The first-order valence-corrected chi connectivity index (χ1v) is 10.6. The van der Waals surface area contributed by atoms with Crippen LogP contribution in [0.15, 0.2) is 59.9 Å². The van der Waals surface area contributed by atoms with Gasteiger partial charge in [-0.2, -0.15) is 5.10 Å². The number of thioether (sulfide) groups is 1. The number of para-hydroxylation sites is 1. The van der Waals surface area contributed by atoms with Crippen LogP contribution >= 0.6 is 11.8 Å². The lowest BCUT2D eigenvalue weighted by atomic mass is 10.1. The van der Waals surface area contributed by atoms with Gasteiger partial charge in [-0.15, -0.1) is 0 Å². The Morgan fingerprint density at radius 3 is 2.74 bits per heavy atom. The Bertz CT molecular complexity index is 1290. The minimum absolute atomic E-state index is 0.289. The number of hydrogen-bond donors (Lipinski definition) is 1. The van der Waals surface area contributed by atoms with E-state index in [1.54, 1.807) is 24.9 Å². The van der Waals surface area contributed by atoms with Crippen molar-refractivity contribution in [3.63, 3.8) is 0 Å². The number of nitrogens with zero attached hydrogens (tertiary/aromatic N) is 4. The van der Waals surface area contributed by atoms with Gasteiger partial charge in [0, 0.05) is 36.7 Å². The number of carbonyl (C=O) groups excluding carboxylic acids is 1. The summed E-state index contributed by atoms with van der Waals surface area (Å²) in [5, 5.41) is 8.17. The normalized spacial score (nSPS) is 12.7. The zero-order chi connectivity index (χ0) is 21.5. The Morgan fingerprint density at radius 2 is 1.94 bits per heavy atom. The van der Waals surface area contributed by atoms with Crippen molar-refractivity contribution in [3.05, 3.63) is 72.1 Å². The minimum Gasteiger partial charge on any atom is -0.325 e. The molecule has 9 heteroatoms. The van der Waals surface area contributed by atoms with Gasteiger partial charge in [0.2, 0.25) is 0 Å². The third-order valence-corrected chi connectivity index (χ3v) is 6.05. The average Bonchev–Trinajstić information content (AvgIpc) is 3.45. The highest BCUT2D eigenvalue weighted by atomic mass is 32.2. The van der Waals surface area contributed by atoms with Crippen molar-refractivity contribution >= 4 is 23.4 Å². The summed E-state index contributed by atoms with van der Waals surface area (Å²) in [7, 11) is 1.63. The van der Waals surface area contributed by atoms with Crippen LogP contribution < -0.4 is 5.32 Å². The van der Waals surface area contributed by atoms with Gasteiger partial charge in [0.1, 0.15) is 5.69 Å². The summed E-state index contributed by atoms with van der Waals surface area (Å²) in [6, 6.07) is 12.5. The summed E-state index contributed by atoms with van der Waals surface area (Å²) in [5.74, 6) is -1.24. The predicted octanol–water partition coefficient (Wildman–Crippen LogP) is 4.59. The smallest absolute Gasteiger partial charge is 0.273 e. The van der Waals surface area contributed by atoms with E-state index in [1.807, 2.05) is 30.5 Å². The van der Waals surface area contributed by atoms with Gasteiger partial charge in [0.25, 0.3) is 5.91 Å². The number of benzene rings is 2. The maximum Gasteiger partial charge on any atom is 0.273 e. The number of amides is 1. The zero-order valence-corrected chi connectivity index (χ0v) is 17.3. The number of fused-ring (bicyclic) bond motifs is 1. The van der Waals surface area contributed by atoms with Crippen molar-refractivity contribution in [2.75, 3.05) is 11.1 Å². The third-order valence-electron chi connectivity index (χ3n) is 5.08. The molecule has 0 unspecified atom stereocenters. The van der Waals surface area contributed by atoms with Gasteiger partial charge in [-0.05, 0) is 30.3 Å². The molecule has 156 valence electrons. The molecule has 0 spiro atoms. The molecule has 3 heterocycles. The molecule has 1 amide bonds. The summed E-state index contributed by atoms with van der Waals surface area (Å²) in [6.07, 6.45) is 1.99. The molecule has 1 N–H and O–H groups in total. The minimum atomic E-state index is -0.965. The average molecular weight is 437 g/mol. The Labute approximate surface area is 180 Å². The molecule has 0 bridgehead atoms. The molecule has 5 rings (SSSR count). The van der Waals surface area contributed by atoms with Gasteiger partial charge in [-0.3, -0.25) is 9.48 Å². The molecule has 0 saturated heterocycles. The number of nitrogens with one attached hydrogen (secondary N) is 1. The van der Waals surface area contributed by atoms with Crippen molar-refractivity contribution in [1.82, 2.24) is 19.3 Å². The largest absolute Gasteiger partial charge is 0.325 e. The highest BCUT2D eigenvalue weighted by Gasteiger charge is 2.20. The first-order chi connectivity index (χ1) is 15.0. The van der Waals surface area contributed by atoms with E-state index in [1.165, 1.54) is 10.7 Å². The van der Waals surface area contributed by atoms with Crippen LogP contribution in [-0.2, 0) is 13.6 Å². The Hall–Kier alpha value is -3.46. The van der Waals surface area contributed by atoms with Crippen LogP contribution in [0.1, 0.15) is 10.5 Å². The van der Waals surface area contributed by atoms with Crippen molar-refractivity contribution < 1.29 is 13.6 Å². The lowest BCUT2D eigenvalue weighted by Crippen LogP contribution is -2.16. The van der Waals surface area contributed by atoms with Crippen molar-refractivity contribution in [3.8, 4) is 22.5 Å². The maximum atomic E-state index is 13.6. The molecule has 1 aliphatic heterocycles. The van der Waals surface area contributed by atoms with Gasteiger partial charge >= 0.3 is 0 Å². The summed E-state index contributed by atoms with van der Waals surface area (Å²) in [4.78, 5) is 17.7. The second-order valence-corrected chi connectivity index (χ2v) is 8.18. The number of carbonyl (C=O) groups is 1. The summed E-state index contributed by atoms with van der Waals surface area (Å²) in [5.41, 5.74) is 3.30. The molecule has 0 atom stereocenters. The van der Waals surface area contributed by atoms with E-state index in [0.29, 0.717) is 16.9 Å². The van der Waals surface area contributed by atoms with Crippen LogP contribution in [0, 0.1) is 11.6 Å². The number of hydrogen-bond acceptors (Lipinski definition) is 4. The van der Waals surface area contributed by atoms with Gasteiger partial charge < -0.3 is 9.88 Å². The second-order valence-electron chi connectivity index (χ2n) is 7.12. The molecule has 0 radical (unpaired) electrons. The fraction of sp³-hybridized carbons (Fsp3) is 0.136. The quantitative estimate of drug-likeness (QED) is 0.507. The van der Waals surface area contributed by atoms with E-state index in [4.69, 9.17) is 0 Å². The van der Waals surface area contributed by atoms with E-state index >= 15 is 0 Å². The first kappa shape index (κ1) is 19.5. The number of anilines is 1. The Balaban J connectivity index is 1.43. The van der Waals surface area contributed by atoms with Crippen LogP contribution in [0.5, 0.6) is 0 Å². The standard InChI is InChI=1S/C22H17F2N5OS/c1-28-20(11-18(27-28)13-6-7-15(23)16(24)10-13)21(30)25-17-5-3-2-4-14(17)19-12-29-8-9-31-22(29)26-19/h2-7,10-12H,8-9H2,1H3,(H,25,30). The second kappa shape index (κ2) is 7.66. The SMILES string of the molecule is Cn1nc(-c2ccc(F)c(F)c2)cc1C(=O)Nc1ccccc1-c1cn2c(n1)SCC2. The fourth-order valence-electron chi connectivity index (χ4n) is 3.52. The molecular formula is C22H17F2N5OS. The molecule has 31 heavy (non-hydrogen) atoms. The zero-order valence-electron chi connectivity index (χ0n) is 16.5. The van der Waals surface area contributed by atoms with Crippen LogP contribution in [0.25, 0.3) is 22.5 Å². The number of halogens is 2. The highest BCUT2D eigenvalue weighted by Crippen LogP contribution is 2.32. The molecule has 4 aromatic rings. The summed E-state index contributed by atoms with van der Waals surface area (Å²) < 4.78 is 30.3. The van der Waals surface area contributed by atoms with E-state index < -0.39 is 11.6 Å². The number of aromatic nitrogens is 4. The van der Waals surface area contributed by atoms with E-state index in [-0.39, 0.29) is 11.6 Å². The molecule has 0 aliphatic carbocycles. The van der Waals surface area contributed by atoms with Crippen molar-refractivity contribution in [2.24, 2.45) is 7.05 Å². The fourth-order valence-corrected chi connectivity index (χ4v) is 4.46. The van der Waals surface area contributed by atoms with Crippen LogP contribution in [0.2, 0.25) is 0 Å². The molecule has 2 aromatic heterocycles. The summed E-state index contributed by atoms with van der Waals surface area (Å²) in [6.45, 7) is 0.920. The summed E-state index contributed by atoms with van der Waals surface area (Å²) >= 11 is 1.71. The lowest BCUT2D eigenvalue weighted by molar-refractivity contribution is 0.101. The van der Waals surface area contributed by atoms with Crippen LogP contribution in [0.3, 0.4) is 0 Å². The molecule has 2 aromatic carbocycles. The Kier molecular flexibility index (Phi) is 4.82. The highest BCUT2D eigenvalue weighted by molar-refractivity contribution is 7.99. The number of imidazole rings is 1.